The molecule has 0 fully saturated rings. The van der Waals surface area contributed by atoms with Crippen LogP contribution in [0.15, 0.2) is 18.2 Å². The van der Waals surface area contributed by atoms with Crippen LogP contribution in [0, 0.1) is 0 Å². The van der Waals surface area contributed by atoms with Gasteiger partial charge in [-0.05, 0) is 12.1 Å². The summed E-state index contributed by atoms with van der Waals surface area (Å²) in [5.41, 5.74) is 6.38. The molecular formula is C10H14ClNO2. The molecule has 0 amide bonds. The lowest BCUT2D eigenvalue weighted by Gasteiger charge is -2.17. The Hall–Kier alpha value is -0.770. The molecule has 0 aliphatic carbocycles. The molecule has 0 aromatic heterocycles. The normalized spacial score (nSPS) is 12.6. The number of hydrogen-bond acceptors (Lipinski definition) is 3. The van der Waals surface area contributed by atoms with E-state index in [-0.39, 0.29) is 6.10 Å². The van der Waals surface area contributed by atoms with Crippen molar-refractivity contribution >= 4 is 11.6 Å². The van der Waals surface area contributed by atoms with Gasteiger partial charge in [0.05, 0.1) is 18.2 Å². The predicted octanol–water partition coefficient (Wildman–Crippen LogP) is 1.99. The average molecular weight is 216 g/mol. The zero-order chi connectivity index (χ0) is 10.6. The minimum Gasteiger partial charge on any atom is -0.496 e. The standard InChI is InChI=1S/C10H14ClNO2/c1-13-8-5-3-4-7(11)10(8)9(6-12)14-2/h3-5,9H,6,12H2,1-2H3. The Bertz CT molecular complexity index is 300. The van der Waals surface area contributed by atoms with Gasteiger partial charge in [0.2, 0.25) is 0 Å². The summed E-state index contributed by atoms with van der Waals surface area (Å²) in [6.45, 7) is 0.372. The van der Waals surface area contributed by atoms with Gasteiger partial charge in [0, 0.05) is 19.2 Å². The molecular weight excluding hydrogens is 202 g/mol. The topological polar surface area (TPSA) is 44.5 Å². The molecule has 1 atom stereocenters. The highest BCUT2D eigenvalue weighted by Crippen LogP contribution is 2.32. The SMILES string of the molecule is COc1cccc(Cl)c1C(CN)OC. The maximum absolute atomic E-state index is 6.04. The molecule has 0 heterocycles. The second kappa shape index (κ2) is 5.20. The summed E-state index contributed by atoms with van der Waals surface area (Å²) in [6.07, 6.45) is -0.223. The van der Waals surface area contributed by atoms with Gasteiger partial charge >= 0.3 is 0 Å². The minimum atomic E-state index is -0.223. The fourth-order valence-corrected chi connectivity index (χ4v) is 1.63. The van der Waals surface area contributed by atoms with E-state index in [1.165, 1.54) is 0 Å². The molecule has 4 heteroatoms. The van der Waals surface area contributed by atoms with Gasteiger partial charge < -0.3 is 15.2 Å². The summed E-state index contributed by atoms with van der Waals surface area (Å²) in [7, 11) is 3.19. The molecule has 0 aliphatic heterocycles. The van der Waals surface area contributed by atoms with Crippen molar-refractivity contribution in [2.75, 3.05) is 20.8 Å². The first-order chi connectivity index (χ1) is 6.74. The summed E-state index contributed by atoms with van der Waals surface area (Å²) in [6, 6.07) is 5.46. The Morgan fingerprint density at radius 1 is 1.43 bits per heavy atom. The van der Waals surface area contributed by atoms with Crippen molar-refractivity contribution in [3.05, 3.63) is 28.8 Å². The van der Waals surface area contributed by atoms with E-state index >= 15 is 0 Å². The Morgan fingerprint density at radius 2 is 2.14 bits per heavy atom. The van der Waals surface area contributed by atoms with Crippen molar-refractivity contribution in [1.82, 2.24) is 0 Å². The van der Waals surface area contributed by atoms with Gasteiger partial charge in [-0.2, -0.15) is 0 Å². The first-order valence-electron chi connectivity index (χ1n) is 4.29. The van der Waals surface area contributed by atoms with Crippen LogP contribution in [-0.4, -0.2) is 20.8 Å². The molecule has 0 saturated heterocycles. The number of benzene rings is 1. The number of hydrogen-bond donors (Lipinski definition) is 1. The third-order valence-corrected chi connectivity index (χ3v) is 2.38. The molecule has 0 bridgehead atoms. The van der Waals surface area contributed by atoms with Crippen LogP contribution in [0.1, 0.15) is 11.7 Å². The first-order valence-corrected chi connectivity index (χ1v) is 4.67. The lowest BCUT2D eigenvalue weighted by Crippen LogP contribution is -2.15. The number of ether oxygens (including phenoxy) is 2. The Morgan fingerprint density at radius 3 is 2.64 bits per heavy atom. The molecule has 14 heavy (non-hydrogen) atoms. The van der Waals surface area contributed by atoms with Crippen molar-refractivity contribution in [3.63, 3.8) is 0 Å². The van der Waals surface area contributed by atoms with Gasteiger partial charge in [0.15, 0.2) is 0 Å². The van der Waals surface area contributed by atoms with Crippen LogP contribution in [0.5, 0.6) is 5.75 Å². The highest BCUT2D eigenvalue weighted by atomic mass is 35.5. The van der Waals surface area contributed by atoms with Crippen LogP contribution in [0.3, 0.4) is 0 Å². The molecule has 1 aromatic carbocycles. The van der Waals surface area contributed by atoms with Crippen molar-refractivity contribution in [3.8, 4) is 5.75 Å². The van der Waals surface area contributed by atoms with Crippen LogP contribution in [0.4, 0.5) is 0 Å². The van der Waals surface area contributed by atoms with Gasteiger partial charge in [0.1, 0.15) is 5.75 Å². The summed E-state index contributed by atoms with van der Waals surface area (Å²) >= 11 is 6.04. The molecule has 0 saturated carbocycles. The third-order valence-electron chi connectivity index (χ3n) is 2.05. The smallest absolute Gasteiger partial charge is 0.126 e. The second-order valence-electron chi connectivity index (χ2n) is 2.82. The molecule has 2 N–H and O–H groups in total. The maximum atomic E-state index is 6.04. The molecule has 1 rings (SSSR count). The largest absolute Gasteiger partial charge is 0.496 e. The number of rotatable bonds is 4. The molecule has 0 spiro atoms. The van der Waals surface area contributed by atoms with Crippen LogP contribution in [0.2, 0.25) is 5.02 Å². The van der Waals surface area contributed by atoms with E-state index in [9.17, 15) is 0 Å². The van der Waals surface area contributed by atoms with Crippen molar-refractivity contribution < 1.29 is 9.47 Å². The molecule has 3 nitrogen and oxygen atoms in total. The van der Waals surface area contributed by atoms with Gasteiger partial charge in [-0.25, -0.2) is 0 Å². The van der Waals surface area contributed by atoms with Gasteiger partial charge in [-0.15, -0.1) is 0 Å². The van der Waals surface area contributed by atoms with E-state index < -0.39 is 0 Å². The first kappa shape index (κ1) is 11.3. The molecule has 0 aliphatic rings. The Labute approximate surface area is 88.8 Å². The monoisotopic (exact) mass is 215 g/mol. The Balaban J connectivity index is 3.14. The van der Waals surface area contributed by atoms with E-state index in [0.29, 0.717) is 17.3 Å². The van der Waals surface area contributed by atoms with Crippen LogP contribution < -0.4 is 10.5 Å². The number of halogens is 1. The fraction of sp³-hybridized carbons (Fsp3) is 0.400. The lowest BCUT2D eigenvalue weighted by molar-refractivity contribution is 0.108. The van der Waals surface area contributed by atoms with E-state index in [2.05, 4.69) is 0 Å². The van der Waals surface area contributed by atoms with Crippen LogP contribution in [0.25, 0.3) is 0 Å². The van der Waals surface area contributed by atoms with Gasteiger partial charge in [-0.3, -0.25) is 0 Å². The molecule has 0 radical (unpaired) electrons. The zero-order valence-electron chi connectivity index (χ0n) is 8.29. The predicted molar refractivity (Wildman–Crippen MR) is 56.8 cm³/mol. The van der Waals surface area contributed by atoms with Crippen LogP contribution >= 0.6 is 11.6 Å². The summed E-state index contributed by atoms with van der Waals surface area (Å²) in [4.78, 5) is 0. The van der Waals surface area contributed by atoms with Crippen molar-refractivity contribution in [1.29, 1.82) is 0 Å². The minimum absolute atomic E-state index is 0.223. The maximum Gasteiger partial charge on any atom is 0.126 e. The summed E-state index contributed by atoms with van der Waals surface area (Å²) in [5, 5.41) is 0.613. The molecule has 1 unspecified atom stereocenters. The summed E-state index contributed by atoms with van der Waals surface area (Å²) < 4.78 is 10.4. The highest BCUT2D eigenvalue weighted by Gasteiger charge is 2.17. The highest BCUT2D eigenvalue weighted by molar-refractivity contribution is 6.31. The zero-order valence-corrected chi connectivity index (χ0v) is 9.04. The molecule has 78 valence electrons. The van der Waals surface area contributed by atoms with E-state index in [1.54, 1.807) is 20.3 Å². The van der Waals surface area contributed by atoms with Crippen LogP contribution in [-0.2, 0) is 4.74 Å². The fourth-order valence-electron chi connectivity index (χ4n) is 1.34. The third kappa shape index (κ3) is 2.18. The summed E-state index contributed by atoms with van der Waals surface area (Å²) in [5.74, 6) is 0.704. The van der Waals surface area contributed by atoms with Gasteiger partial charge in [-0.1, -0.05) is 17.7 Å². The molecule has 1 aromatic rings. The van der Waals surface area contributed by atoms with Gasteiger partial charge in [0.25, 0.3) is 0 Å². The average Bonchev–Trinajstić information content (AvgIpc) is 2.22. The van der Waals surface area contributed by atoms with E-state index in [4.69, 9.17) is 26.8 Å². The second-order valence-corrected chi connectivity index (χ2v) is 3.22. The lowest BCUT2D eigenvalue weighted by atomic mass is 10.1. The Kier molecular flexibility index (Phi) is 4.20. The van der Waals surface area contributed by atoms with E-state index in [0.717, 1.165) is 5.56 Å². The van der Waals surface area contributed by atoms with E-state index in [1.807, 2.05) is 12.1 Å². The quantitative estimate of drug-likeness (QED) is 0.836. The van der Waals surface area contributed by atoms with Crippen molar-refractivity contribution in [2.24, 2.45) is 5.73 Å². The van der Waals surface area contributed by atoms with Crippen molar-refractivity contribution in [2.45, 2.75) is 6.10 Å². The number of methoxy groups -OCH3 is 2. The number of nitrogens with two attached hydrogens (primary N) is 1.